The molecule has 1 rings (SSSR count). The zero-order valence-electron chi connectivity index (χ0n) is 10.7. The molecule has 0 nitrogen and oxygen atoms in total. The second-order valence-electron chi connectivity index (χ2n) is 5.88. The lowest BCUT2D eigenvalue weighted by Gasteiger charge is -2.40. The van der Waals surface area contributed by atoms with Crippen LogP contribution in [0.2, 0.25) is 0 Å². The molecule has 0 N–H and O–H groups in total. The Kier molecular flexibility index (Phi) is 4.47. The maximum absolute atomic E-state index is 2.46. The minimum Gasteiger partial charge on any atom is -0.0651 e. The van der Waals surface area contributed by atoms with E-state index in [-0.39, 0.29) is 0 Å². The average molecular weight is 196 g/mol. The summed E-state index contributed by atoms with van der Waals surface area (Å²) < 4.78 is 0. The highest BCUT2D eigenvalue weighted by molar-refractivity contribution is 4.83. The predicted molar refractivity (Wildman–Crippen MR) is 64.3 cm³/mol. The average Bonchev–Trinajstić information content (AvgIpc) is 2.16. The molecule has 0 aromatic rings. The maximum atomic E-state index is 2.46. The molecule has 1 aliphatic rings. The van der Waals surface area contributed by atoms with Gasteiger partial charge in [0.05, 0.1) is 0 Å². The monoisotopic (exact) mass is 196 g/mol. The fourth-order valence-corrected chi connectivity index (χ4v) is 3.23. The third-order valence-corrected chi connectivity index (χ3v) is 4.45. The van der Waals surface area contributed by atoms with Gasteiger partial charge in [-0.05, 0) is 42.4 Å². The molecule has 2 unspecified atom stereocenters. The van der Waals surface area contributed by atoms with Gasteiger partial charge in [-0.3, -0.25) is 0 Å². The van der Waals surface area contributed by atoms with Crippen molar-refractivity contribution in [2.45, 2.75) is 60.3 Å². The Morgan fingerprint density at radius 1 is 1.07 bits per heavy atom. The van der Waals surface area contributed by atoms with E-state index in [1.807, 2.05) is 0 Å². The molecular weight excluding hydrogens is 168 g/mol. The van der Waals surface area contributed by atoms with Crippen LogP contribution >= 0.6 is 0 Å². The molecule has 0 spiro atoms. The van der Waals surface area contributed by atoms with Crippen LogP contribution in [-0.2, 0) is 0 Å². The topological polar surface area (TPSA) is 0 Å². The van der Waals surface area contributed by atoms with Gasteiger partial charge in [0.15, 0.2) is 0 Å². The third kappa shape index (κ3) is 2.74. The molecule has 84 valence electrons. The molecule has 0 heteroatoms. The fraction of sp³-hybridized carbons (Fsp3) is 1.00. The second-order valence-corrected chi connectivity index (χ2v) is 5.88. The first-order valence-corrected chi connectivity index (χ1v) is 6.56. The van der Waals surface area contributed by atoms with Crippen LogP contribution in [0, 0.1) is 29.6 Å². The van der Waals surface area contributed by atoms with E-state index in [0.29, 0.717) is 0 Å². The summed E-state index contributed by atoms with van der Waals surface area (Å²) in [7, 11) is 0. The van der Waals surface area contributed by atoms with Crippen molar-refractivity contribution in [3.8, 4) is 0 Å². The molecule has 0 aromatic carbocycles. The largest absolute Gasteiger partial charge is 0.0651 e. The molecule has 0 amide bonds. The molecule has 0 aromatic heterocycles. The van der Waals surface area contributed by atoms with Crippen LogP contribution in [-0.4, -0.2) is 0 Å². The van der Waals surface area contributed by atoms with Gasteiger partial charge in [-0.1, -0.05) is 47.5 Å². The van der Waals surface area contributed by atoms with Gasteiger partial charge in [-0.25, -0.2) is 0 Å². The van der Waals surface area contributed by atoms with Gasteiger partial charge >= 0.3 is 0 Å². The zero-order chi connectivity index (χ0) is 10.7. The smallest absolute Gasteiger partial charge is 0.0355 e. The van der Waals surface area contributed by atoms with E-state index in [4.69, 9.17) is 0 Å². The van der Waals surface area contributed by atoms with Crippen LogP contribution < -0.4 is 0 Å². The first-order valence-electron chi connectivity index (χ1n) is 6.56. The Balaban J connectivity index is 2.63. The lowest BCUT2D eigenvalue weighted by molar-refractivity contribution is 0.0971. The quantitative estimate of drug-likeness (QED) is 0.611. The number of rotatable bonds is 3. The molecule has 0 saturated heterocycles. The van der Waals surface area contributed by atoms with Crippen molar-refractivity contribution in [2.24, 2.45) is 29.6 Å². The molecule has 0 heterocycles. The van der Waals surface area contributed by atoms with E-state index in [1.54, 1.807) is 0 Å². The Hall–Kier alpha value is 0. The van der Waals surface area contributed by atoms with Gasteiger partial charge in [0.1, 0.15) is 0 Å². The van der Waals surface area contributed by atoms with E-state index < -0.39 is 0 Å². The second kappa shape index (κ2) is 5.19. The van der Waals surface area contributed by atoms with E-state index in [1.165, 1.54) is 25.7 Å². The lowest BCUT2D eigenvalue weighted by atomic mass is 9.65. The first kappa shape index (κ1) is 12.1. The van der Waals surface area contributed by atoms with Gasteiger partial charge in [0.2, 0.25) is 0 Å². The molecule has 0 bridgehead atoms. The summed E-state index contributed by atoms with van der Waals surface area (Å²) in [4.78, 5) is 0. The highest BCUT2D eigenvalue weighted by atomic mass is 14.4. The van der Waals surface area contributed by atoms with E-state index in [0.717, 1.165) is 29.6 Å². The van der Waals surface area contributed by atoms with Crippen molar-refractivity contribution in [2.75, 3.05) is 0 Å². The van der Waals surface area contributed by atoms with E-state index in [9.17, 15) is 0 Å². The summed E-state index contributed by atoms with van der Waals surface area (Å²) in [5.74, 6) is 4.81. The molecule has 1 fully saturated rings. The van der Waals surface area contributed by atoms with Crippen molar-refractivity contribution >= 4 is 0 Å². The van der Waals surface area contributed by atoms with Crippen LogP contribution in [0.5, 0.6) is 0 Å². The van der Waals surface area contributed by atoms with Crippen molar-refractivity contribution in [3.63, 3.8) is 0 Å². The molecule has 4 atom stereocenters. The third-order valence-electron chi connectivity index (χ3n) is 4.45. The fourth-order valence-electron chi connectivity index (χ4n) is 3.23. The molecule has 1 aliphatic carbocycles. The van der Waals surface area contributed by atoms with Crippen molar-refractivity contribution < 1.29 is 0 Å². The lowest BCUT2D eigenvalue weighted by Crippen LogP contribution is -2.31. The van der Waals surface area contributed by atoms with Crippen LogP contribution in [0.15, 0.2) is 0 Å². The minimum absolute atomic E-state index is 0.890. The first-order chi connectivity index (χ1) is 6.56. The van der Waals surface area contributed by atoms with Crippen molar-refractivity contribution in [3.05, 3.63) is 0 Å². The Labute approximate surface area is 90.5 Å². The van der Waals surface area contributed by atoms with Crippen LogP contribution in [0.3, 0.4) is 0 Å². The van der Waals surface area contributed by atoms with Gasteiger partial charge in [0.25, 0.3) is 0 Å². The van der Waals surface area contributed by atoms with E-state index in [2.05, 4.69) is 34.6 Å². The predicted octanol–water partition coefficient (Wildman–Crippen LogP) is 4.74. The van der Waals surface area contributed by atoms with Crippen molar-refractivity contribution in [1.82, 2.24) is 0 Å². The molecular formula is C14H28. The Bertz CT molecular complexity index is 159. The maximum Gasteiger partial charge on any atom is -0.0355 e. The summed E-state index contributed by atoms with van der Waals surface area (Å²) in [6, 6.07) is 0. The highest BCUT2D eigenvalue weighted by Crippen LogP contribution is 2.42. The van der Waals surface area contributed by atoms with Gasteiger partial charge in [-0.2, -0.15) is 0 Å². The molecule has 14 heavy (non-hydrogen) atoms. The highest BCUT2D eigenvalue weighted by Gasteiger charge is 2.33. The Morgan fingerprint density at radius 2 is 1.71 bits per heavy atom. The molecule has 0 aliphatic heterocycles. The Morgan fingerprint density at radius 3 is 2.21 bits per heavy atom. The molecule has 0 radical (unpaired) electrons. The summed E-state index contributed by atoms with van der Waals surface area (Å²) >= 11 is 0. The molecule has 1 saturated carbocycles. The summed E-state index contributed by atoms with van der Waals surface area (Å²) in [5.41, 5.74) is 0. The minimum atomic E-state index is 0.890. The van der Waals surface area contributed by atoms with Crippen molar-refractivity contribution in [1.29, 1.82) is 0 Å². The van der Waals surface area contributed by atoms with E-state index >= 15 is 0 Å². The van der Waals surface area contributed by atoms with Crippen LogP contribution in [0.1, 0.15) is 60.3 Å². The summed E-state index contributed by atoms with van der Waals surface area (Å²) in [5, 5.41) is 0. The van der Waals surface area contributed by atoms with Crippen LogP contribution in [0.4, 0.5) is 0 Å². The summed E-state index contributed by atoms with van der Waals surface area (Å²) in [6.45, 7) is 12.1. The van der Waals surface area contributed by atoms with Gasteiger partial charge < -0.3 is 0 Å². The normalized spacial score (nSPS) is 36.0. The number of hydrogen-bond acceptors (Lipinski definition) is 0. The van der Waals surface area contributed by atoms with Gasteiger partial charge in [-0.15, -0.1) is 0 Å². The number of hydrogen-bond donors (Lipinski definition) is 0. The zero-order valence-corrected chi connectivity index (χ0v) is 10.7. The summed E-state index contributed by atoms with van der Waals surface area (Å²) in [6.07, 6.45) is 5.79. The van der Waals surface area contributed by atoms with Crippen LogP contribution in [0.25, 0.3) is 0 Å². The SMILES string of the molecule is CCC(C)C1C[C@H](C)CC[C@H]1C(C)C. The standard InChI is InChI=1S/C14H28/c1-6-12(5)14-9-11(4)7-8-13(14)10(2)3/h10-14H,6-9H2,1-5H3/t11-,12?,13+,14?/m1/s1. The van der Waals surface area contributed by atoms with Gasteiger partial charge in [0, 0.05) is 0 Å².